The fourth-order valence-electron chi connectivity index (χ4n) is 1.14. The number of rotatable bonds is 0. The van der Waals surface area contributed by atoms with Crippen molar-refractivity contribution in [3.8, 4) is 0 Å². The van der Waals surface area contributed by atoms with Gasteiger partial charge in [0.05, 0.1) is 0 Å². The second-order valence-corrected chi connectivity index (χ2v) is 2.91. The van der Waals surface area contributed by atoms with Gasteiger partial charge in [0.1, 0.15) is 0 Å². The molecule has 0 aromatic heterocycles. The lowest BCUT2D eigenvalue weighted by Gasteiger charge is -2.29. The van der Waals surface area contributed by atoms with Gasteiger partial charge in [-0.1, -0.05) is 0 Å². The second-order valence-electron chi connectivity index (χ2n) is 2.91. The van der Waals surface area contributed by atoms with Gasteiger partial charge in [0.15, 0.2) is 0 Å². The topological polar surface area (TPSA) is 35.6 Å². The fourth-order valence-corrected chi connectivity index (χ4v) is 1.14. The van der Waals surface area contributed by atoms with Gasteiger partial charge in [-0.05, 0) is 0 Å². The number of nitrogens with zero attached hydrogens (tertiary/aromatic N) is 2. The molecule has 0 radical (unpaired) electrons. The summed E-state index contributed by atoms with van der Waals surface area (Å²) in [4.78, 5) is 14.8. The number of hydrogen-bond donors (Lipinski definition) is 1. The van der Waals surface area contributed by atoms with Gasteiger partial charge < -0.3 is 27.5 Å². The van der Waals surface area contributed by atoms with E-state index in [1.807, 2.05) is 4.90 Å². The number of piperazine rings is 1. The third-order valence-corrected chi connectivity index (χ3v) is 1.77. The van der Waals surface area contributed by atoms with Crippen LogP contribution in [0.1, 0.15) is 1.43 Å². The quantitative estimate of drug-likeness (QED) is 0.442. The van der Waals surface area contributed by atoms with Gasteiger partial charge in [-0.3, -0.25) is 0 Å². The molecule has 74 valence electrons. The first-order chi connectivity index (χ1) is 5.22. The summed E-state index contributed by atoms with van der Waals surface area (Å²) in [6, 6.07) is 0.117. The Labute approximate surface area is 80.8 Å². The number of carbonyl (C=O) groups excluding carboxylic acids is 1. The van der Waals surface area contributed by atoms with Gasteiger partial charge in [0.2, 0.25) is 0 Å². The summed E-state index contributed by atoms with van der Waals surface area (Å²) in [6.45, 7) is 3.49. The zero-order valence-corrected chi connectivity index (χ0v) is 8.26. The first-order valence-corrected chi connectivity index (χ1v) is 3.89. The van der Waals surface area contributed by atoms with Gasteiger partial charge in [-0.15, -0.1) is 0 Å². The van der Waals surface area contributed by atoms with Gasteiger partial charge in [-0.25, -0.2) is 4.79 Å². The molecule has 0 unspecified atom stereocenters. The largest absolute Gasteiger partial charge is 1.00 e. The van der Waals surface area contributed by atoms with E-state index >= 15 is 0 Å². The van der Waals surface area contributed by atoms with Crippen LogP contribution in [0.3, 0.4) is 0 Å². The highest BCUT2D eigenvalue weighted by Gasteiger charge is 2.16. The van der Waals surface area contributed by atoms with Crippen molar-refractivity contribution in [2.24, 2.45) is 0 Å². The Morgan fingerprint density at radius 3 is 2.33 bits per heavy atom. The molecule has 0 aliphatic carbocycles. The molecular formula is C7H17ClN3O-. The van der Waals surface area contributed by atoms with E-state index in [4.69, 9.17) is 0 Å². The minimum Gasteiger partial charge on any atom is -1.00 e. The minimum atomic E-state index is 0. The number of urea groups is 1. The Hall–Kier alpha value is -0.480. The van der Waals surface area contributed by atoms with Crippen LogP contribution in [0.25, 0.3) is 0 Å². The molecule has 12 heavy (non-hydrogen) atoms. The van der Waals surface area contributed by atoms with E-state index in [9.17, 15) is 4.79 Å². The molecular weight excluding hydrogens is 178 g/mol. The molecule has 0 atom stereocenters. The summed E-state index contributed by atoms with van der Waals surface area (Å²) in [6.07, 6.45) is 0. The molecule has 1 aliphatic heterocycles. The number of hydrogen-bond acceptors (Lipinski definition) is 2. The standard InChI is InChI=1S/C7H15N3O.ClH.H2/c1-9(2)7(11)10-5-3-8-4-6-10;;/h8H,3-6H2,1-2H3;2*1H/p-1. The van der Waals surface area contributed by atoms with Crippen LogP contribution in [-0.4, -0.2) is 56.1 Å². The zero-order valence-electron chi connectivity index (χ0n) is 7.51. The van der Waals surface area contributed by atoms with Gasteiger partial charge in [0.25, 0.3) is 0 Å². The average molecular weight is 195 g/mol. The van der Waals surface area contributed by atoms with Crippen LogP contribution in [0.5, 0.6) is 0 Å². The van der Waals surface area contributed by atoms with Crippen LogP contribution in [0, 0.1) is 0 Å². The summed E-state index contributed by atoms with van der Waals surface area (Å²) in [5.74, 6) is 0. The maximum atomic E-state index is 11.3. The van der Waals surface area contributed by atoms with E-state index in [-0.39, 0.29) is 19.9 Å². The maximum absolute atomic E-state index is 11.3. The third-order valence-electron chi connectivity index (χ3n) is 1.77. The Morgan fingerprint density at radius 1 is 1.42 bits per heavy atom. The monoisotopic (exact) mass is 194 g/mol. The summed E-state index contributed by atoms with van der Waals surface area (Å²) < 4.78 is 0. The average Bonchev–Trinajstić information content (AvgIpc) is 2.05. The molecule has 1 rings (SSSR count). The molecule has 1 aliphatic rings. The lowest BCUT2D eigenvalue weighted by molar-refractivity contribution is -0.00000591. The van der Waals surface area contributed by atoms with Crippen molar-refractivity contribution in [2.45, 2.75) is 0 Å². The van der Waals surface area contributed by atoms with Crippen molar-refractivity contribution in [1.82, 2.24) is 15.1 Å². The van der Waals surface area contributed by atoms with Gasteiger partial charge in [0, 0.05) is 41.7 Å². The summed E-state index contributed by atoms with van der Waals surface area (Å²) in [5.41, 5.74) is 0. The lowest BCUT2D eigenvalue weighted by atomic mass is 10.4. The second kappa shape index (κ2) is 5.22. The predicted octanol–water partition coefficient (Wildman–Crippen LogP) is -3.18. The molecule has 0 aromatic carbocycles. The third kappa shape index (κ3) is 2.87. The van der Waals surface area contributed by atoms with Crippen molar-refractivity contribution in [1.29, 1.82) is 0 Å². The zero-order chi connectivity index (χ0) is 8.27. The predicted molar refractivity (Wildman–Crippen MR) is 45.6 cm³/mol. The molecule has 1 heterocycles. The molecule has 1 N–H and O–H groups in total. The van der Waals surface area contributed by atoms with Gasteiger partial charge in [-0.2, -0.15) is 0 Å². The van der Waals surface area contributed by atoms with Crippen LogP contribution >= 0.6 is 0 Å². The Balaban J connectivity index is 0. The minimum absolute atomic E-state index is 0. The molecule has 0 aromatic rings. The molecule has 0 spiro atoms. The van der Waals surface area contributed by atoms with Crippen molar-refractivity contribution in [2.75, 3.05) is 40.3 Å². The summed E-state index contributed by atoms with van der Waals surface area (Å²) >= 11 is 0. The summed E-state index contributed by atoms with van der Waals surface area (Å²) in [5, 5.41) is 3.20. The van der Waals surface area contributed by atoms with Crippen molar-refractivity contribution >= 4 is 6.03 Å². The van der Waals surface area contributed by atoms with E-state index in [0.29, 0.717) is 0 Å². The number of amides is 2. The van der Waals surface area contributed by atoms with Crippen LogP contribution in [0.15, 0.2) is 0 Å². The molecule has 0 bridgehead atoms. The number of halogens is 1. The highest BCUT2D eigenvalue weighted by Crippen LogP contribution is 1.96. The number of nitrogens with one attached hydrogen (secondary N) is 1. The highest BCUT2D eigenvalue weighted by atomic mass is 35.5. The number of carbonyl (C=O) groups is 1. The Bertz CT molecular complexity index is 151. The van der Waals surface area contributed by atoms with Crippen LogP contribution in [0.4, 0.5) is 4.79 Å². The van der Waals surface area contributed by atoms with Crippen LogP contribution in [0.2, 0.25) is 0 Å². The first-order valence-electron chi connectivity index (χ1n) is 3.89. The highest BCUT2D eigenvalue weighted by molar-refractivity contribution is 5.73. The molecule has 4 nitrogen and oxygen atoms in total. The molecule has 1 saturated heterocycles. The van der Waals surface area contributed by atoms with E-state index in [2.05, 4.69) is 5.32 Å². The first kappa shape index (κ1) is 11.5. The summed E-state index contributed by atoms with van der Waals surface area (Å²) in [7, 11) is 3.56. The van der Waals surface area contributed by atoms with Gasteiger partial charge >= 0.3 is 6.03 Å². The maximum Gasteiger partial charge on any atom is 0.319 e. The normalized spacial score (nSPS) is 16.7. The van der Waals surface area contributed by atoms with E-state index in [1.54, 1.807) is 19.0 Å². The van der Waals surface area contributed by atoms with Crippen molar-refractivity contribution < 1.29 is 18.6 Å². The molecule has 0 saturated carbocycles. The van der Waals surface area contributed by atoms with E-state index in [0.717, 1.165) is 26.2 Å². The molecule has 2 amide bonds. The Morgan fingerprint density at radius 2 is 1.92 bits per heavy atom. The van der Waals surface area contributed by atoms with Crippen LogP contribution in [-0.2, 0) is 0 Å². The molecule has 5 heteroatoms. The van der Waals surface area contributed by atoms with Crippen molar-refractivity contribution in [3.05, 3.63) is 0 Å². The van der Waals surface area contributed by atoms with E-state index in [1.165, 1.54) is 0 Å². The van der Waals surface area contributed by atoms with E-state index < -0.39 is 0 Å². The smallest absolute Gasteiger partial charge is 0.319 e. The SMILES string of the molecule is CN(C)C(=O)N1CCNCC1.[Cl-].[HH]. The molecule has 1 fully saturated rings. The lowest BCUT2D eigenvalue weighted by Crippen LogP contribution is -3.00. The fraction of sp³-hybridized carbons (Fsp3) is 0.857. The van der Waals surface area contributed by atoms with Crippen molar-refractivity contribution in [3.63, 3.8) is 0 Å². The van der Waals surface area contributed by atoms with Crippen LogP contribution < -0.4 is 17.7 Å². The Kier molecular flexibility index (Phi) is 5.01.